The van der Waals surface area contributed by atoms with E-state index < -0.39 is 24.5 Å². The molecule has 0 saturated carbocycles. The third-order valence-electron chi connectivity index (χ3n) is 2.47. The molecule has 4 N–H and O–H groups in total. The van der Waals surface area contributed by atoms with Crippen molar-refractivity contribution in [3.05, 3.63) is 23.8 Å². The van der Waals surface area contributed by atoms with Gasteiger partial charge in [0, 0.05) is 5.56 Å². The molecule has 1 unspecified atom stereocenters. The highest BCUT2D eigenvalue weighted by Gasteiger charge is 2.21. The average Bonchev–Trinajstić information content (AvgIpc) is 2.44. The van der Waals surface area contributed by atoms with Gasteiger partial charge in [0.2, 0.25) is 0 Å². The van der Waals surface area contributed by atoms with Gasteiger partial charge in [-0.1, -0.05) is 0 Å². The molecular weight excluding hydrogens is 252 g/mol. The summed E-state index contributed by atoms with van der Waals surface area (Å²) in [5.74, 6) is -0.910. The standard InChI is InChI=1S/C12H16N2O5/c1-18-10-5-7(3-4-8(10)13)11(16)14-9(6-15)12(17)19-2/h3-5,9,15H,6,13H2,1-2H3,(H,14,16). The van der Waals surface area contributed by atoms with Gasteiger partial charge in [0.1, 0.15) is 5.75 Å². The van der Waals surface area contributed by atoms with Crippen molar-refractivity contribution < 1.29 is 24.2 Å². The van der Waals surface area contributed by atoms with E-state index in [9.17, 15) is 9.59 Å². The first-order valence-corrected chi connectivity index (χ1v) is 5.46. The van der Waals surface area contributed by atoms with Gasteiger partial charge in [0.15, 0.2) is 6.04 Å². The van der Waals surface area contributed by atoms with E-state index in [-0.39, 0.29) is 5.56 Å². The van der Waals surface area contributed by atoms with Crippen molar-refractivity contribution in [2.75, 3.05) is 26.6 Å². The quantitative estimate of drug-likeness (QED) is 0.492. The maximum Gasteiger partial charge on any atom is 0.330 e. The van der Waals surface area contributed by atoms with E-state index >= 15 is 0 Å². The molecule has 0 aliphatic rings. The Morgan fingerprint density at radius 3 is 2.63 bits per heavy atom. The van der Waals surface area contributed by atoms with E-state index in [1.807, 2.05) is 0 Å². The SMILES string of the molecule is COC(=O)C(CO)NC(=O)c1ccc(N)c(OC)c1. The van der Waals surface area contributed by atoms with Crippen LogP contribution in [-0.4, -0.2) is 43.9 Å². The van der Waals surface area contributed by atoms with Crippen LogP contribution in [0.4, 0.5) is 5.69 Å². The van der Waals surface area contributed by atoms with Crippen molar-refractivity contribution in [1.82, 2.24) is 5.32 Å². The predicted octanol–water partition coefficient (Wildman–Crippen LogP) is -0.459. The van der Waals surface area contributed by atoms with Crippen molar-refractivity contribution in [3.63, 3.8) is 0 Å². The number of ether oxygens (including phenoxy) is 2. The van der Waals surface area contributed by atoms with E-state index in [0.717, 1.165) is 0 Å². The van der Waals surface area contributed by atoms with E-state index in [1.54, 1.807) is 0 Å². The monoisotopic (exact) mass is 268 g/mol. The number of amides is 1. The molecule has 0 aliphatic heterocycles. The van der Waals surface area contributed by atoms with Crippen molar-refractivity contribution in [2.24, 2.45) is 0 Å². The van der Waals surface area contributed by atoms with Crippen LogP contribution in [-0.2, 0) is 9.53 Å². The highest BCUT2D eigenvalue weighted by Crippen LogP contribution is 2.22. The van der Waals surface area contributed by atoms with Crippen LogP contribution in [0.25, 0.3) is 0 Å². The molecule has 0 aliphatic carbocycles. The number of methoxy groups -OCH3 is 2. The van der Waals surface area contributed by atoms with Gasteiger partial charge in [-0.25, -0.2) is 4.79 Å². The number of anilines is 1. The number of aliphatic hydroxyl groups is 1. The molecule has 0 aromatic heterocycles. The molecule has 1 aromatic rings. The Morgan fingerprint density at radius 2 is 2.11 bits per heavy atom. The molecule has 0 fully saturated rings. The molecule has 7 heteroatoms. The first-order chi connectivity index (χ1) is 9.03. The topological polar surface area (TPSA) is 111 Å². The largest absolute Gasteiger partial charge is 0.495 e. The summed E-state index contributed by atoms with van der Waals surface area (Å²) >= 11 is 0. The predicted molar refractivity (Wildman–Crippen MR) is 67.8 cm³/mol. The van der Waals surface area contributed by atoms with Crippen LogP contribution in [0.2, 0.25) is 0 Å². The van der Waals surface area contributed by atoms with Gasteiger partial charge in [-0.05, 0) is 18.2 Å². The van der Waals surface area contributed by atoms with Crippen molar-refractivity contribution in [1.29, 1.82) is 0 Å². The van der Waals surface area contributed by atoms with Crippen molar-refractivity contribution >= 4 is 17.6 Å². The molecule has 0 bridgehead atoms. The van der Waals surface area contributed by atoms with E-state index in [1.165, 1.54) is 32.4 Å². The minimum absolute atomic E-state index is 0.258. The number of carbonyl (C=O) groups excluding carboxylic acids is 2. The highest BCUT2D eigenvalue weighted by atomic mass is 16.5. The molecule has 0 radical (unpaired) electrons. The number of rotatable bonds is 5. The Kier molecular flexibility index (Phi) is 5.13. The van der Waals surface area contributed by atoms with E-state index in [0.29, 0.717) is 11.4 Å². The third-order valence-corrected chi connectivity index (χ3v) is 2.47. The van der Waals surface area contributed by atoms with Gasteiger partial charge in [-0.2, -0.15) is 0 Å². The Labute approximate surface area is 110 Å². The lowest BCUT2D eigenvalue weighted by molar-refractivity contribution is -0.143. The molecular formula is C12H16N2O5. The molecule has 19 heavy (non-hydrogen) atoms. The summed E-state index contributed by atoms with van der Waals surface area (Å²) in [5, 5.41) is 11.4. The number of hydrogen-bond acceptors (Lipinski definition) is 6. The van der Waals surface area contributed by atoms with Gasteiger partial charge in [-0.15, -0.1) is 0 Å². The van der Waals surface area contributed by atoms with Gasteiger partial charge in [-0.3, -0.25) is 4.79 Å². The normalized spacial score (nSPS) is 11.5. The fourth-order valence-electron chi connectivity index (χ4n) is 1.42. The summed E-state index contributed by atoms with van der Waals surface area (Å²) in [6.07, 6.45) is 0. The highest BCUT2D eigenvalue weighted by molar-refractivity contribution is 5.97. The summed E-state index contributed by atoms with van der Waals surface area (Å²) < 4.78 is 9.44. The third kappa shape index (κ3) is 3.59. The number of hydrogen-bond donors (Lipinski definition) is 3. The molecule has 0 spiro atoms. The fourth-order valence-corrected chi connectivity index (χ4v) is 1.42. The number of nitrogens with two attached hydrogens (primary N) is 1. The van der Waals surface area contributed by atoms with Crippen LogP contribution in [0, 0.1) is 0 Å². The lowest BCUT2D eigenvalue weighted by atomic mass is 10.1. The second kappa shape index (κ2) is 6.60. The first kappa shape index (κ1) is 14.8. The minimum Gasteiger partial charge on any atom is -0.495 e. The van der Waals surface area contributed by atoms with Crippen LogP contribution in [0.3, 0.4) is 0 Å². The van der Waals surface area contributed by atoms with Crippen LogP contribution < -0.4 is 15.8 Å². The Hall–Kier alpha value is -2.28. The summed E-state index contributed by atoms with van der Waals surface area (Å²) in [6.45, 7) is -0.551. The van der Waals surface area contributed by atoms with Gasteiger partial charge < -0.3 is 25.6 Å². The van der Waals surface area contributed by atoms with E-state index in [2.05, 4.69) is 10.1 Å². The summed E-state index contributed by atoms with van der Waals surface area (Å²) in [7, 11) is 2.60. The molecule has 1 rings (SSSR count). The Bertz CT molecular complexity index is 475. The molecule has 0 saturated heterocycles. The zero-order valence-electron chi connectivity index (χ0n) is 10.7. The smallest absolute Gasteiger partial charge is 0.330 e. The Morgan fingerprint density at radius 1 is 1.42 bits per heavy atom. The minimum atomic E-state index is -1.11. The second-order valence-electron chi connectivity index (χ2n) is 3.69. The number of nitrogens with one attached hydrogen (secondary N) is 1. The molecule has 1 aromatic carbocycles. The van der Waals surface area contributed by atoms with Gasteiger partial charge in [0.05, 0.1) is 26.5 Å². The molecule has 7 nitrogen and oxygen atoms in total. The van der Waals surface area contributed by atoms with Crippen LogP contribution >= 0.6 is 0 Å². The van der Waals surface area contributed by atoms with Crippen LogP contribution in [0.1, 0.15) is 10.4 Å². The number of nitrogen functional groups attached to an aromatic ring is 1. The van der Waals surface area contributed by atoms with Gasteiger partial charge in [0.25, 0.3) is 5.91 Å². The number of carbonyl (C=O) groups is 2. The number of benzene rings is 1. The summed E-state index contributed by atoms with van der Waals surface area (Å²) in [5.41, 5.74) is 6.28. The number of aliphatic hydroxyl groups excluding tert-OH is 1. The maximum absolute atomic E-state index is 11.9. The van der Waals surface area contributed by atoms with Crippen molar-refractivity contribution in [2.45, 2.75) is 6.04 Å². The average molecular weight is 268 g/mol. The lowest BCUT2D eigenvalue weighted by Crippen LogP contribution is -2.44. The summed E-state index contributed by atoms with van der Waals surface area (Å²) in [6, 6.07) is 3.33. The number of esters is 1. The van der Waals surface area contributed by atoms with Gasteiger partial charge >= 0.3 is 5.97 Å². The summed E-state index contributed by atoms with van der Waals surface area (Å²) in [4.78, 5) is 23.1. The maximum atomic E-state index is 11.9. The lowest BCUT2D eigenvalue weighted by Gasteiger charge is -2.14. The van der Waals surface area contributed by atoms with Crippen molar-refractivity contribution in [3.8, 4) is 5.75 Å². The fraction of sp³-hybridized carbons (Fsp3) is 0.333. The Balaban J connectivity index is 2.85. The molecule has 104 valence electrons. The van der Waals surface area contributed by atoms with Crippen LogP contribution in [0.15, 0.2) is 18.2 Å². The molecule has 1 atom stereocenters. The van der Waals surface area contributed by atoms with E-state index in [4.69, 9.17) is 15.6 Å². The van der Waals surface area contributed by atoms with Crippen LogP contribution in [0.5, 0.6) is 5.75 Å². The second-order valence-corrected chi connectivity index (χ2v) is 3.69. The molecule has 1 amide bonds. The molecule has 0 heterocycles. The first-order valence-electron chi connectivity index (χ1n) is 5.46. The zero-order valence-corrected chi connectivity index (χ0v) is 10.7. The zero-order chi connectivity index (χ0) is 14.4.